The number of nitrogens with two attached hydrogens (primary N) is 1. The molecule has 17 heavy (non-hydrogen) atoms. The molecule has 0 saturated carbocycles. The number of ether oxygens (including phenoxy) is 2. The van der Waals surface area contributed by atoms with Crippen molar-refractivity contribution in [3.63, 3.8) is 0 Å². The minimum absolute atomic E-state index is 0.0624. The monoisotopic (exact) mass is 259 g/mol. The van der Waals surface area contributed by atoms with E-state index in [0.717, 1.165) is 12.8 Å². The van der Waals surface area contributed by atoms with E-state index < -0.39 is 5.82 Å². The molecule has 1 aliphatic heterocycles. The third kappa shape index (κ3) is 3.31. The molecule has 2 unspecified atom stereocenters. The first-order chi connectivity index (χ1) is 8.19. The van der Waals surface area contributed by atoms with Crippen LogP contribution < -0.4 is 10.5 Å². The summed E-state index contributed by atoms with van der Waals surface area (Å²) in [6, 6.07) is 4.30. The van der Waals surface area contributed by atoms with E-state index in [-0.39, 0.29) is 17.2 Å². The first kappa shape index (κ1) is 12.6. The van der Waals surface area contributed by atoms with Crippen molar-refractivity contribution in [2.24, 2.45) is 5.73 Å². The summed E-state index contributed by atoms with van der Waals surface area (Å²) in [5, 5.41) is 0.0645. The van der Waals surface area contributed by atoms with Crippen LogP contribution in [0.3, 0.4) is 0 Å². The van der Waals surface area contributed by atoms with E-state index in [1.165, 1.54) is 12.1 Å². The molecule has 0 radical (unpaired) electrons. The fraction of sp³-hybridized carbons (Fsp3) is 0.500. The molecule has 1 aromatic carbocycles. The van der Waals surface area contributed by atoms with Gasteiger partial charge in [-0.2, -0.15) is 0 Å². The standard InChI is InChI=1S/C12H15ClFNO2/c13-11-5-8(3-4-12(11)14)16-7-10-2-1-9(6-15)17-10/h3-5,9-10H,1-2,6-7,15H2. The molecule has 1 saturated heterocycles. The predicted molar refractivity (Wildman–Crippen MR) is 63.9 cm³/mol. The molecule has 0 amide bonds. The highest BCUT2D eigenvalue weighted by Crippen LogP contribution is 2.23. The molecule has 94 valence electrons. The lowest BCUT2D eigenvalue weighted by Gasteiger charge is -2.13. The Morgan fingerprint density at radius 3 is 2.82 bits per heavy atom. The second-order valence-corrected chi connectivity index (χ2v) is 4.49. The highest BCUT2D eigenvalue weighted by atomic mass is 35.5. The molecule has 1 aliphatic rings. The Balaban J connectivity index is 1.84. The van der Waals surface area contributed by atoms with E-state index in [9.17, 15) is 4.39 Å². The van der Waals surface area contributed by atoms with E-state index in [0.29, 0.717) is 18.9 Å². The van der Waals surface area contributed by atoms with Crippen molar-refractivity contribution in [3.8, 4) is 5.75 Å². The second kappa shape index (κ2) is 5.67. The zero-order chi connectivity index (χ0) is 12.3. The molecule has 0 spiro atoms. The molecule has 2 rings (SSSR count). The SMILES string of the molecule is NCC1CCC(COc2ccc(F)c(Cl)c2)O1. The van der Waals surface area contributed by atoms with Crippen molar-refractivity contribution in [2.45, 2.75) is 25.0 Å². The van der Waals surface area contributed by atoms with Crippen LogP contribution in [0.15, 0.2) is 18.2 Å². The van der Waals surface area contributed by atoms with Gasteiger partial charge in [-0.15, -0.1) is 0 Å². The fourth-order valence-corrected chi connectivity index (χ4v) is 2.00. The Hall–Kier alpha value is -0.840. The number of halogens is 2. The fourth-order valence-electron chi connectivity index (χ4n) is 1.83. The highest BCUT2D eigenvalue weighted by molar-refractivity contribution is 6.30. The Bertz CT molecular complexity index is 389. The average Bonchev–Trinajstić information content (AvgIpc) is 2.79. The van der Waals surface area contributed by atoms with Crippen molar-refractivity contribution >= 4 is 11.6 Å². The van der Waals surface area contributed by atoms with Gasteiger partial charge in [-0.25, -0.2) is 4.39 Å². The molecule has 5 heteroatoms. The van der Waals surface area contributed by atoms with Gasteiger partial charge in [-0.3, -0.25) is 0 Å². The molecule has 2 atom stereocenters. The molecular formula is C12H15ClFNO2. The molecule has 0 bridgehead atoms. The van der Waals surface area contributed by atoms with Crippen molar-refractivity contribution in [1.82, 2.24) is 0 Å². The molecule has 1 heterocycles. The van der Waals surface area contributed by atoms with Crippen LogP contribution in [0.25, 0.3) is 0 Å². The smallest absolute Gasteiger partial charge is 0.142 e. The highest BCUT2D eigenvalue weighted by Gasteiger charge is 2.24. The van der Waals surface area contributed by atoms with E-state index in [2.05, 4.69) is 0 Å². The Morgan fingerprint density at radius 2 is 2.18 bits per heavy atom. The van der Waals surface area contributed by atoms with Crippen LogP contribution in [0, 0.1) is 5.82 Å². The summed E-state index contributed by atoms with van der Waals surface area (Å²) in [5.41, 5.74) is 5.51. The third-order valence-corrected chi connectivity index (χ3v) is 3.08. The molecule has 1 fully saturated rings. The van der Waals surface area contributed by atoms with Crippen LogP contribution in [-0.2, 0) is 4.74 Å². The van der Waals surface area contributed by atoms with Crippen LogP contribution >= 0.6 is 11.6 Å². The summed E-state index contributed by atoms with van der Waals surface area (Å²) in [6.07, 6.45) is 2.11. The maximum atomic E-state index is 12.9. The largest absolute Gasteiger partial charge is 0.491 e. The quantitative estimate of drug-likeness (QED) is 0.903. The van der Waals surface area contributed by atoms with E-state index >= 15 is 0 Å². The number of hydrogen-bond acceptors (Lipinski definition) is 3. The van der Waals surface area contributed by atoms with Crippen LogP contribution in [0.4, 0.5) is 4.39 Å². The molecule has 1 aromatic rings. The molecule has 0 aliphatic carbocycles. The zero-order valence-corrected chi connectivity index (χ0v) is 10.1. The normalized spacial score (nSPS) is 23.9. The van der Waals surface area contributed by atoms with Crippen LogP contribution in [0.5, 0.6) is 5.75 Å². The van der Waals surface area contributed by atoms with E-state index in [1.807, 2.05) is 0 Å². The lowest BCUT2D eigenvalue weighted by molar-refractivity contribution is 0.0222. The van der Waals surface area contributed by atoms with Crippen molar-refractivity contribution < 1.29 is 13.9 Å². The van der Waals surface area contributed by atoms with Gasteiger partial charge >= 0.3 is 0 Å². The lowest BCUT2D eigenvalue weighted by Crippen LogP contribution is -2.23. The second-order valence-electron chi connectivity index (χ2n) is 4.08. The average molecular weight is 260 g/mol. The van der Waals surface area contributed by atoms with Crippen molar-refractivity contribution in [2.75, 3.05) is 13.2 Å². The van der Waals surface area contributed by atoms with E-state index in [4.69, 9.17) is 26.8 Å². The number of benzene rings is 1. The first-order valence-electron chi connectivity index (χ1n) is 5.62. The molecule has 0 aromatic heterocycles. The van der Waals surface area contributed by atoms with Gasteiger partial charge in [0.25, 0.3) is 0 Å². The summed E-state index contributed by atoms with van der Waals surface area (Å²) in [5.74, 6) is 0.107. The van der Waals surface area contributed by atoms with Crippen LogP contribution in [0.1, 0.15) is 12.8 Å². The first-order valence-corrected chi connectivity index (χ1v) is 6.00. The molecule has 2 N–H and O–H groups in total. The van der Waals surface area contributed by atoms with Gasteiger partial charge in [-0.1, -0.05) is 11.6 Å². The summed E-state index contributed by atoms with van der Waals surface area (Å²) >= 11 is 5.65. The Kier molecular flexibility index (Phi) is 4.20. The topological polar surface area (TPSA) is 44.5 Å². The summed E-state index contributed by atoms with van der Waals surface area (Å²) in [6.45, 7) is 0.983. The third-order valence-electron chi connectivity index (χ3n) is 2.79. The van der Waals surface area contributed by atoms with Gasteiger partial charge in [0.15, 0.2) is 0 Å². The molecular weight excluding hydrogens is 245 g/mol. The van der Waals surface area contributed by atoms with Gasteiger partial charge in [0.05, 0.1) is 17.2 Å². The summed E-state index contributed by atoms with van der Waals surface area (Å²) < 4.78 is 24.0. The number of rotatable bonds is 4. The van der Waals surface area contributed by atoms with Crippen LogP contribution in [0.2, 0.25) is 5.02 Å². The van der Waals surface area contributed by atoms with Gasteiger partial charge < -0.3 is 15.2 Å². The maximum absolute atomic E-state index is 12.9. The lowest BCUT2D eigenvalue weighted by atomic mass is 10.2. The Morgan fingerprint density at radius 1 is 1.41 bits per heavy atom. The van der Waals surface area contributed by atoms with Gasteiger partial charge in [-0.05, 0) is 25.0 Å². The Labute approximate surface area is 105 Å². The number of hydrogen-bond donors (Lipinski definition) is 1. The van der Waals surface area contributed by atoms with Gasteiger partial charge in [0.1, 0.15) is 18.2 Å². The van der Waals surface area contributed by atoms with E-state index in [1.54, 1.807) is 6.07 Å². The zero-order valence-electron chi connectivity index (χ0n) is 9.36. The van der Waals surface area contributed by atoms with Gasteiger partial charge in [0.2, 0.25) is 0 Å². The summed E-state index contributed by atoms with van der Waals surface area (Å²) in [4.78, 5) is 0. The minimum atomic E-state index is -0.445. The van der Waals surface area contributed by atoms with Crippen molar-refractivity contribution in [3.05, 3.63) is 29.0 Å². The molecule has 3 nitrogen and oxygen atoms in total. The van der Waals surface area contributed by atoms with Gasteiger partial charge in [0, 0.05) is 12.6 Å². The maximum Gasteiger partial charge on any atom is 0.142 e. The van der Waals surface area contributed by atoms with Crippen LogP contribution in [-0.4, -0.2) is 25.4 Å². The predicted octanol–water partition coefficient (Wildman–Crippen LogP) is 2.36. The summed E-state index contributed by atoms with van der Waals surface area (Å²) in [7, 11) is 0. The minimum Gasteiger partial charge on any atom is -0.491 e. The van der Waals surface area contributed by atoms with Crippen molar-refractivity contribution in [1.29, 1.82) is 0 Å².